The largest absolute Gasteiger partial charge is 0.461 e. The molecule has 1 N–H and O–H groups in total. The van der Waals surface area contributed by atoms with Gasteiger partial charge in [-0.2, -0.15) is 0 Å². The van der Waals surface area contributed by atoms with Crippen molar-refractivity contribution >= 4 is 17.9 Å². The van der Waals surface area contributed by atoms with Gasteiger partial charge in [-0.15, -0.1) is 0 Å². The van der Waals surface area contributed by atoms with Crippen LogP contribution in [0.15, 0.2) is 35.5 Å². The van der Waals surface area contributed by atoms with Gasteiger partial charge in [0.25, 0.3) is 0 Å². The Balaban J connectivity index is 2.07. The number of rotatable bonds is 3. The van der Waals surface area contributed by atoms with Crippen LogP contribution in [0.2, 0.25) is 0 Å². The molecule has 9 heteroatoms. The highest BCUT2D eigenvalue weighted by Crippen LogP contribution is 2.47. The summed E-state index contributed by atoms with van der Waals surface area (Å²) in [5.41, 5.74) is 0.875. The van der Waals surface area contributed by atoms with Crippen LogP contribution in [0.5, 0.6) is 0 Å². The van der Waals surface area contributed by atoms with Crippen molar-refractivity contribution in [1.82, 2.24) is 0 Å². The number of methoxy groups -OCH3 is 2. The van der Waals surface area contributed by atoms with E-state index >= 15 is 0 Å². The van der Waals surface area contributed by atoms with E-state index in [0.717, 1.165) is 18.3 Å². The normalized spacial score (nSPS) is 39.5. The molecule has 1 spiro atoms. The van der Waals surface area contributed by atoms with Crippen LogP contribution >= 0.6 is 0 Å². The Labute approximate surface area is 206 Å². The molecule has 0 aromatic carbocycles. The van der Waals surface area contributed by atoms with Gasteiger partial charge >= 0.3 is 17.9 Å². The van der Waals surface area contributed by atoms with Crippen LogP contribution in [-0.4, -0.2) is 67.4 Å². The average Bonchev–Trinajstić information content (AvgIpc) is 2.90. The number of cyclic esters (lactones) is 1. The molecule has 3 rings (SSSR count). The smallest absolute Gasteiger partial charge is 0.417 e. The lowest BCUT2D eigenvalue weighted by Gasteiger charge is -2.43. The van der Waals surface area contributed by atoms with E-state index in [-0.39, 0.29) is 24.2 Å². The first-order valence-electron chi connectivity index (χ1n) is 11.9. The van der Waals surface area contributed by atoms with Gasteiger partial charge in [-0.05, 0) is 43.4 Å². The molecule has 2 bridgehead atoms. The summed E-state index contributed by atoms with van der Waals surface area (Å²) in [4.78, 5) is 36.7. The van der Waals surface area contributed by atoms with Gasteiger partial charge in [-0.25, -0.2) is 14.4 Å². The molecule has 0 saturated heterocycles. The third-order valence-corrected chi connectivity index (χ3v) is 7.56. The van der Waals surface area contributed by atoms with Gasteiger partial charge < -0.3 is 28.8 Å². The lowest BCUT2D eigenvalue weighted by atomic mass is 9.71. The van der Waals surface area contributed by atoms with E-state index in [0.29, 0.717) is 0 Å². The van der Waals surface area contributed by atoms with Gasteiger partial charge in [-0.3, -0.25) is 0 Å². The summed E-state index contributed by atoms with van der Waals surface area (Å²) in [6.07, 6.45) is 4.42. The van der Waals surface area contributed by atoms with Crippen molar-refractivity contribution in [3.8, 4) is 0 Å². The van der Waals surface area contributed by atoms with E-state index in [4.69, 9.17) is 18.9 Å². The molecule has 0 fully saturated rings. The van der Waals surface area contributed by atoms with Crippen molar-refractivity contribution in [1.29, 1.82) is 0 Å². The van der Waals surface area contributed by atoms with Crippen molar-refractivity contribution in [3.05, 3.63) is 35.5 Å². The SMILES string of the molecule is COC(=O)C(=O)OC(C)[C@H]1OC(=O)[C@@H](OC)C[C@H]2C=CC3=CC2(OC(O)[C@@H](C)[C@H]3C)/C(C)=C/C1C. The van der Waals surface area contributed by atoms with E-state index in [1.165, 1.54) is 7.11 Å². The molecular formula is C26H36O9. The third kappa shape index (κ3) is 5.22. The molecule has 0 aromatic heterocycles. The Hall–Kier alpha value is -2.49. The summed E-state index contributed by atoms with van der Waals surface area (Å²) in [7, 11) is 2.50. The Kier molecular flexibility index (Phi) is 8.24. The standard InChI is InChI=1S/C26H36O9/c1-13-10-14(2)26-12-18(15(3)16(4)22(27)35-26)8-9-19(26)11-20(31-6)23(28)34-21(13)17(5)33-25(30)24(29)32-7/h8-10,12-13,15-17,19-22,27H,11H2,1-7H3/b14-10+/t13?,15-,16+,17?,19-,20+,21+,22?,26?/m1/s1. The fraction of sp³-hybridized carbons (Fsp3) is 0.654. The fourth-order valence-corrected chi connectivity index (χ4v) is 5.13. The van der Waals surface area contributed by atoms with Gasteiger partial charge in [0.05, 0.1) is 7.11 Å². The van der Waals surface area contributed by atoms with Crippen molar-refractivity contribution in [2.45, 2.75) is 71.2 Å². The molecule has 2 aliphatic heterocycles. The predicted octanol–water partition coefficient (Wildman–Crippen LogP) is 2.48. The van der Waals surface area contributed by atoms with E-state index in [9.17, 15) is 19.5 Å². The summed E-state index contributed by atoms with van der Waals surface area (Å²) >= 11 is 0. The summed E-state index contributed by atoms with van der Waals surface area (Å²) in [5.74, 6) is -3.75. The molecular weight excluding hydrogens is 456 g/mol. The second kappa shape index (κ2) is 10.6. The number of ether oxygens (including phenoxy) is 5. The Morgan fingerprint density at radius 3 is 2.51 bits per heavy atom. The van der Waals surface area contributed by atoms with Crippen LogP contribution in [-0.2, 0) is 38.1 Å². The summed E-state index contributed by atoms with van der Waals surface area (Å²) in [6.45, 7) is 9.28. The van der Waals surface area contributed by atoms with Crippen LogP contribution in [0.25, 0.3) is 0 Å². The van der Waals surface area contributed by atoms with E-state index in [2.05, 4.69) is 11.7 Å². The van der Waals surface area contributed by atoms with Crippen LogP contribution in [0.3, 0.4) is 0 Å². The molecule has 194 valence electrons. The molecule has 1 aliphatic carbocycles. The number of esters is 3. The first-order chi connectivity index (χ1) is 16.4. The van der Waals surface area contributed by atoms with Crippen LogP contribution in [0.4, 0.5) is 0 Å². The molecule has 9 atom stereocenters. The highest BCUT2D eigenvalue weighted by molar-refractivity contribution is 6.29. The Morgan fingerprint density at radius 1 is 1.20 bits per heavy atom. The maximum absolute atomic E-state index is 13.1. The molecule has 2 heterocycles. The van der Waals surface area contributed by atoms with Gasteiger partial charge in [0.2, 0.25) is 0 Å². The van der Waals surface area contributed by atoms with Gasteiger partial charge in [0.1, 0.15) is 17.8 Å². The quantitative estimate of drug-likeness (QED) is 0.274. The number of hydrogen-bond donors (Lipinski definition) is 1. The minimum absolute atomic E-state index is 0.0656. The minimum Gasteiger partial charge on any atom is -0.461 e. The van der Waals surface area contributed by atoms with E-state index in [1.807, 2.05) is 45.1 Å². The Morgan fingerprint density at radius 2 is 1.89 bits per heavy atom. The first kappa shape index (κ1) is 27.1. The number of carbonyl (C=O) groups is 3. The highest BCUT2D eigenvalue weighted by Gasteiger charge is 2.49. The summed E-state index contributed by atoms with van der Waals surface area (Å²) in [6, 6.07) is 0. The second-order valence-electron chi connectivity index (χ2n) is 9.73. The van der Waals surface area contributed by atoms with Crippen LogP contribution < -0.4 is 0 Å². The van der Waals surface area contributed by atoms with Crippen molar-refractivity contribution in [2.75, 3.05) is 14.2 Å². The maximum atomic E-state index is 13.1. The lowest BCUT2D eigenvalue weighted by molar-refractivity contribution is -0.196. The third-order valence-electron chi connectivity index (χ3n) is 7.56. The number of aliphatic hydroxyl groups excluding tert-OH is 1. The van der Waals surface area contributed by atoms with E-state index < -0.39 is 54.0 Å². The molecule has 0 amide bonds. The summed E-state index contributed by atoms with van der Waals surface area (Å²) < 4.78 is 27.3. The first-order valence-corrected chi connectivity index (χ1v) is 11.9. The van der Waals surface area contributed by atoms with Crippen molar-refractivity contribution in [2.24, 2.45) is 23.7 Å². The zero-order valence-corrected chi connectivity index (χ0v) is 21.3. The number of hydrogen-bond acceptors (Lipinski definition) is 9. The van der Waals surface area contributed by atoms with Crippen molar-refractivity contribution in [3.63, 3.8) is 0 Å². The van der Waals surface area contributed by atoms with Gasteiger partial charge in [0, 0.05) is 24.9 Å². The fourth-order valence-electron chi connectivity index (χ4n) is 5.13. The van der Waals surface area contributed by atoms with Gasteiger partial charge in [0.15, 0.2) is 12.4 Å². The van der Waals surface area contributed by atoms with Crippen LogP contribution in [0, 0.1) is 23.7 Å². The molecule has 35 heavy (non-hydrogen) atoms. The van der Waals surface area contributed by atoms with Crippen LogP contribution in [0.1, 0.15) is 41.0 Å². The van der Waals surface area contributed by atoms with Gasteiger partial charge in [-0.1, -0.05) is 39.0 Å². The highest BCUT2D eigenvalue weighted by atomic mass is 16.6. The number of carbonyl (C=O) groups excluding carboxylic acids is 3. The van der Waals surface area contributed by atoms with E-state index in [1.54, 1.807) is 6.92 Å². The molecule has 3 aliphatic rings. The number of allylic oxidation sites excluding steroid dienone is 2. The zero-order valence-electron chi connectivity index (χ0n) is 21.3. The Bertz CT molecular complexity index is 935. The molecule has 0 radical (unpaired) electrons. The topological polar surface area (TPSA) is 118 Å². The number of aliphatic hydroxyl groups is 1. The lowest BCUT2D eigenvalue weighted by Crippen LogP contribution is -2.48. The minimum atomic E-state index is -1.17. The maximum Gasteiger partial charge on any atom is 0.417 e. The second-order valence-corrected chi connectivity index (χ2v) is 9.73. The predicted molar refractivity (Wildman–Crippen MR) is 125 cm³/mol. The summed E-state index contributed by atoms with van der Waals surface area (Å²) in [5, 5.41) is 10.9. The molecule has 0 aromatic rings. The average molecular weight is 493 g/mol. The molecule has 4 unspecified atom stereocenters. The monoisotopic (exact) mass is 492 g/mol. The van der Waals surface area contributed by atoms with Crippen molar-refractivity contribution < 1.29 is 43.2 Å². The molecule has 9 nitrogen and oxygen atoms in total. The zero-order chi connectivity index (χ0) is 26.1. The molecule has 0 saturated carbocycles.